The zero-order valence-corrected chi connectivity index (χ0v) is 13.8. The second kappa shape index (κ2) is 7.27. The van der Waals surface area contributed by atoms with E-state index in [-0.39, 0.29) is 5.75 Å². The highest BCUT2D eigenvalue weighted by atomic mass is 32.2. The van der Waals surface area contributed by atoms with Crippen LogP contribution in [-0.2, 0) is 9.84 Å². The van der Waals surface area contributed by atoms with Crippen LogP contribution in [0.3, 0.4) is 0 Å². The third-order valence-corrected chi connectivity index (χ3v) is 5.95. The molecule has 1 aliphatic rings. The number of anilines is 1. The van der Waals surface area contributed by atoms with E-state index in [1.54, 1.807) is 12.1 Å². The van der Waals surface area contributed by atoms with Crippen molar-refractivity contribution in [2.75, 3.05) is 30.8 Å². The summed E-state index contributed by atoms with van der Waals surface area (Å²) in [4.78, 5) is 2.54. The first-order chi connectivity index (χ1) is 10.0. The number of nitrogens with zero attached hydrogens (tertiary/aromatic N) is 1. The first kappa shape index (κ1) is 16.3. The van der Waals surface area contributed by atoms with E-state index >= 15 is 0 Å². The van der Waals surface area contributed by atoms with Crippen molar-refractivity contribution in [3.8, 4) is 0 Å². The molecule has 1 aromatic rings. The standard InChI is InChI=1S/C16H26N2O2S/c1-3-12-21(19,20)16-10-5-4-9-15(16)18(2)13-14-8-6-7-11-17-14/h4-5,9-10,14,17H,3,6-8,11-13H2,1-2H3. The zero-order valence-electron chi connectivity index (χ0n) is 13.0. The lowest BCUT2D eigenvalue weighted by atomic mass is 10.0. The Balaban J connectivity index is 2.18. The van der Waals surface area contributed by atoms with Crippen molar-refractivity contribution in [1.82, 2.24) is 5.32 Å². The van der Waals surface area contributed by atoms with Crippen molar-refractivity contribution in [2.24, 2.45) is 0 Å². The van der Waals surface area contributed by atoms with Gasteiger partial charge in [0, 0.05) is 19.6 Å². The minimum atomic E-state index is -3.19. The molecule has 1 saturated heterocycles. The highest BCUT2D eigenvalue weighted by Crippen LogP contribution is 2.26. The molecule has 1 aliphatic heterocycles. The fourth-order valence-electron chi connectivity index (χ4n) is 2.92. The van der Waals surface area contributed by atoms with E-state index in [2.05, 4.69) is 10.2 Å². The highest BCUT2D eigenvalue weighted by molar-refractivity contribution is 7.91. The van der Waals surface area contributed by atoms with E-state index in [1.807, 2.05) is 26.1 Å². The first-order valence-electron chi connectivity index (χ1n) is 7.81. The summed E-state index contributed by atoms with van der Waals surface area (Å²) < 4.78 is 24.8. The van der Waals surface area contributed by atoms with Crippen LogP contribution in [0.15, 0.2) is 29.2 Å². The minimum absolute atomic E-state index is 0.208. The summed E-state index contributed by atoms with van der Waals surface area (Å²) in [5.41, 5.74) is 0.818. The normalized spacial score (nSPS) is 19.4. The molecule has 1 aromatic carbocycles. The van der Waals surface area contributed by atoms with Crippen LogP contribution >= 0.6 is 0 Å². The van der Waals surface area contributed by atoms with Crippen molar-refractivity contribution in [3.05, 3.63) is 24.3 Å². The van der Waals surface area contributed by atoms with Crippen LogP contribution in [0.5, 0.6) is 0 Å². The van der Waals surface area contributed by atoms with Gasteiger partial charge in [-0.05, 0) is 37.9 Å². The molecule has 0 aromatic heterocycles. The maximum absolute atomic E-state index is 12.4. The maximum Gasteiger partial charge on any atom is 0.180 e. The summed E-state index contributed by atoms with van der Waals surface area (Å²) in [6.45, 7) is 3.81. The Kier molecular flexibility index (Phi) is 5.65. The molecule has 0 radical (unpaired) electrons. The number of hydrogen-bond donors (Lipinski definition) is 1. The Hall–Kier alpha value is -1.07. The molecular formula is C16H26N2O2S. The molecule has 1 atom stereocenters. The lowest BCUT2D eigenvalue weighted by molar-refractivity contribution is 0.403. The minimum Gasteiger partial charge on any atom is -0.372 e. The van der Waals surface area contributed by atoms with Gasteiger partial charge in [0.1, 0.15) is 0 Å². The molecule has 0 amide bonds. The van der Waals surface area contributed by atoms with Gasteiger partial charge in [0.15, 0.2) is 9.84 Å². The molecule has 0 bridgehead atoms. The fraction of sp³-hybridized carbons (Fsp3) is 0.625. The van der Waals surface area contributed by atoms with Crippen LogP contribution in [0.4, 0.5) is 5.69 Å². The van der Waals surface area contributed by atoms with E-state index < -0.39 is 9.84 Å². The molecule has 0 aliphatic carbocycles. The van der Waals surface area contributed by atoms with E-state index in [0.29, 0.717) is 17.4 Å². The van der Waals surface area contributed by atoms with Crippen LogP contribution in [-0.4, -0.2) is 40.3 Å². The van der Waals surface area contributed by atoms with Gasteiger partial charge in [0.2, 0.25) is 0 Å². The van der Waals surface area contributed by atoms with Gasteiger partial charge in [0.05, 0.1) is 16.3 Å². The number of rotatable bonds is 6. The second-order valence-corrected chi connectivity index (χ2v) is 7.89. The molecule has 2 rings (SSSR count). The summed E-state index contributed by atoms with van der Waals surface area (Å²) >= 11 is 0. The summed E-state index contributed by atoms with van der Waals surface area (Å²) in [5, 5.41) is 3.51. The summed E-state index contributed by atoms with van der Waals surface area (Å²) in [7, 11) is -1.21. The quantitative estimate of drug-likeness (QED) is 0.877. The maximum atomic E-state index is 12.4. The SMILES string of the molecule is CCCS(=O)(=O)c1ccccc1N(C)CC1CCCCN1. The van der Waals surface area contributed by atoms with Crippen molar-refractivity contribution >= 4 is 15.5 Å². The van der Waals surface area contributed by atoms with Crippen LogP contribution in [0.1, 0.15) is 32.6 Å². The summed E-state index contributed by atoms with van der Waals surface area (Å²) in [6, 6.07) is 7.80. The number of nitrogens with one attached hydrogen (secondary N) is 1. The van der Waals surface area contributed by atoms with Gasteiger partial charge < -0.3 is 10.2 Å². The smallest absolute Gasteiger partial charge is 0.180 e. The number of hydrogen-bond acceptors (Lipinski definition) is 4. The van der Waals surface area contributed by atoms with Gasteiger partial charge in [-0.2, -0.15) is 0 Å². The van der Waals surface area contributed by atoms with Crippen molar-refractivity contribution in [2.45, 2.75) is 43.5 Å². The lowest BCUT2D eigenvalue weighted by Gasteiger charge is -2.30. The Morgan fingerprint density at radius 1 is 1.29 bits per heavy atom. The average molecular weight is 310 g/mol. The monoisotopic (exact) mass is 310 g/mol. The van der Waals surface area contributed by atoms with Gasteiger partial charge in [-0.1, -0.05) is 25.5 Å². The Bertz CT molecular complexity index is 551. The molecule has 1 fully saturated rings. The summed E-state index contributed by atoms with van der Waals surface area (Å²) in [6.07, 6.45) is 4.29. The topological polar surface area (TPSA) is 49.4 Å². The van der Waals surface area contributed by atoms with Crippen LogP contribution < -0.4 is 10.2 Å². The van der Waals surface area contributed by atoms with Crippen LogP contribution in [0.2, 0.25) is 0 Å². The molecule has 21 heavy (non-hydrogen) atoms. The fourth-order valence-corrected chi connectivity index (χ4v) is 4.51. The first-order valence-corrected chi connectivity index (χ1v) is 9.46. The van der Waals surface area contributed by atoms with Crippen LogP contribution in [0, 0.1) is 0 Å². The van der Waals surface area contributed by atoms with E-state index in [4.69, 9.17) is 0 Å². The summed E-state index contributed by atoms with van der Waals surface area (Å²) in [5.74, 6) is 0.208. The van der Waals surface area contributed by atoms with Crippen LogP contribution in [0.25, 0.3) is 0 Å². The third-order valence-electron chi connectivity index (χ3n) is 3.99. The number of likely N-dealkylation sites (N-methyl/N-ethyl adjacent to an activating group) is 1. The Labute approximate surface area is 128 Å². The van der Waals surface area contributed by atoms with Gasteiger partial charge >= 0.3 is 0 Å². The molecule has 4 nitrogen and oxygen atoms in total. The molecule has 118 valence electrons. The van der Waals surface area contributed by atoms with E-state index in [1.165, 1.54) is 12.8 Å². The third kappa shape index (κ3) is 4.20. The molecule has 5 heteroatoms. The Morgan fingerprint density at radius 3 is 2.71 bits per heavy atom. The zero-order chi connectivity index (χ0) is 15.3. The average Bonchev–Trinajstić information content (AvgIpc) is 2.48. The number of benzene rings is 1. The van der Waals surface area contributed by atoms with Gasteiger partial charge in [0.25, 0.3) is 0 Å². The predicted octanol–water partition coefficient (Wildman–Crippen LogP) is 2.45. The van der Waals surface area contributed by atoms with Gasteiger partial charge in [-0.25, -0.2) is 8.42 Å². The molecule has 1 heterocycles. The van der Waals surface area contributed by atoms with Crippen molar-refractivity contribution in [1.29, 1.82) is 0 Å². The van der Waals surface area contributed by atoms with Gasteiger partial charge in [-0.15, -0.1) is 0 Å². The van der Waals surface area contributed by atoms with Crippen molar-refractivity contribution in [3.63, 3.8) is 0 Å². The molecular weight excluding hydrogens is 284 g/mol. The second-order valence-electron chi connectivity index (χ2n) is 5.81. The molecule has 0 saturated carbocycles. The molecule has 1 unspecified atom stereocenters. The van der Waals surface area contributed by atoms with E-state index in [0.717, 1.165) is 25.2 Å². The predicted molar refractivity (Wildman–Crippen MR) is 87.7 cm³/mol. The lowest BCUT2D eigenvalue weighted by Crippen LogP contribution is -2.42. The highest BCUT2D eigenvalue weighted by Gasteiger charge is 2.21. The number of piperidine rings is 1. The molecule has 1 N–H and O–H groups in total. The number of sulfone groups is 1. The van der Waals surface area contributed by atoms with Crippen molar-refractivity contribution < 1.29 is 8.42 Å². The molecule has 0 spiro atoms. The van der Waals surface area contributed by atoms with E-state index in [9.17, 15) is 8.42 Å². The number of para-hydroxylation sites is 1. The Morgan fingerprint density at radius 2 is 2.05 bits per heavy atom. The largest absolute Gasteiger partial charge is 0.372 e. The van der Waals surface area contributed by atoms with Gasteiger partial charge in [-0.3, -0.25) is 0 Å².